The Labute approximate surface area is 170 Å². The van der Waals surface area contributed by atoms with E-state index in [9.17, 15) is 14.4 Å². The number of amides is 2. The average Bonchev–Trinajstić information content (AvgIpc) is 2.78. The summed E-state index contributed by atoms with van der Waals surface area (Å²) in [5, 5.41) is 2.75. The third kappa shape index (κ3) is 5.02. The number of ether oxygens (including phenoxy) is 1. The number of carbonyl (C=O) groups excluding carboxylic acids is 3. The molecule has 1 fully saturated rings. The molecule has 0 aromatic heterocycles. The standard InChI is InChI=1S/C23H26N2O4/c1-16(24-22(27)19-6-4-3-5-7-19)23(28)25-14-12-18(13-15-25)21(26)17-8-10-20(29-2)11-9-17/h3-11,16,18H,12-15H2,1-2H3,(H,24,27)/t16-/m1/s1. The number of likely N-dealkylation sites (tertiary alicyclic amines) is 1. The van der Waals surface area contributed by atoms with E-state index in [0.717, 1.165) is 0 Å². The molecule has 0 radical (unpaired) electrons. The van der Waals surface area contributed by atoms with Crippen LogP contribution in [-0.4, -0.2) is 48.7 Å². The molecule has 1 saturated heterocycles. The van der Waals surface area contributed by atoms with Crippen LogP contribution in [0, 0.1) is 5.92 Å². The number of ketones is 1. The Morgan fingerprint density at radius 1 is 0.966 bits per heavy atom. The highest BCUT2D eigenvalue weighted by Gasteiger charge is 2.30. The molecule has 2 aromatic carbocycles. The summed E-state index contributed by atoms with van der Waals surface area (Å²) in [7, 11) is 1.59. The fourth-order valence-corrected chi connectivity index (χ4v) is 3.56. The smallest absolute Gasteiger partial charge is 0.251 e. The number of hydrogen-bond donors (Lipinski definition) is 1. The van der Waals surface area contributed by atoms with Crippen molar-refractivity contribution < 1.29 is 19.1 Å². The molecule has 1 aliphatic heterocycles. The van der Waals surface area contributed by atoms with Crippen molar-refractivity contribution in [2.24, 2.45) is 5.92 Å². The van der Waals surface area contributed by atoms with Crippen LogP contribution in [0.1, 0.15) is 40.5 Å². The maximum Gasteiger partial charge on any atom is 0.251 e. The van der Waals surface area contributed by atoms with Crippen LogP contribution in [0.4, 0.5) is 0 Å². The number of methoxy groups -OCH3 is 1. The van der Waals surface area contributed by atoms with E-state index >= 15 is 0 Å². The lowest BCUT2D eigenvalue weighted by molar-refractivity contribution is -0.134. The van der Waals surface area contributed by atoms with Gasteiger partial charge in [-0.3, -0.25) is 14.4 Å². The van der Waals surface area contributed by atoms with Gasteiger partial charge in [0.15, 0.2) is 5.78 Å². The van der Waals surface area contributed by atoms with E-state index in [2.05, 4.69) is 5.32 Å². The zero-order valence-electron chi connectivity index (χ0n) is 16.8. The number of piperidine rings is 1. The molecular formula is C23H26N2O4. The Hall–Kier alpha value is -3.15. The predicted octanol–water partition coefficient (Wildman–Crippen LogP) is 2.94. The van der Waals surface area contributed by atoms with Gasteiger partial charge in [0.1, 0.15) is 11.8 Å². The molecule has 0 aliphatic carbocycles. The van der Waals surface area contributed by atoms with Crippen LogP contribution in [0.3, 0.4) is 0 Å². The minimum atomic E-state index is -0.614. The maximum absolute atomic E-state index is 12.7. The Morgan fingerprint density at radius 3 is 2.17 bits per heavy atom. The highest BCUT2D eigenvalue weighted by molar-refractivity contribution is 5.99. The van der Waals surface area contributed by atoms with Crippen molar-refractivity contribution in [3.8, 4) is 5.75 Å². The van der Waals surface area contributed by atoms with Crippen LogP contribution in [0.2, 0.25) is 0 Å². The van der Waals surface area contributed by atoms with Gasteiger partial charge in [-0.2, -0.15) is 0 Å². The molecule has 1 atom stereocenters. The van der Waals surface area contributed by atoms with Gasteiger partial charge in [0.25, 0.3) is 5.91 Å². The summed E-state index contributed by atoms with van der Waals surface area (Å²) in [6, 6.07) is 15.3. The summed E-state index contributed by atoms with van der Waals surface area (Å²) in [5.41, 5.74) is 1.19. The molecule has 29 heavy (non-hydrogen) atoms. The SMILES string of the molecule is COc1ccc(C(=O)C2CCN(C(=O)[C@@H](C)NC(=O)c3ccccc3)CC2)cc1. The van der Waals surface area contributed by atoms with Gasteiger partial charge >= 0.3 is 0 Å². The second-order valence-electron chi connectivity index (χ2n) is 7.25. The minimum Gasteiger partial charge on any atom is -0.497 e. The molecule has 2 aromatic rings. The number of nitrogens with one attached hydrogen (secondary N) is 1. The molecule has 1 aliphatic rings. The van der Waals surface area contributed by atoms with Crippen LogP contribution in [0.5, 0.6) is 5.75 Å². The van der Waals surface area contributed by atoms with Crippen LogP contribution in [-0.2, 0) is 4.79 Å². The zero-order valence-corrected chi connectivity index (χ0v) is 16.8. The third-order valence-corrected chi connectivity index (χ3v) is 5.31. The van der Waals surface area contributed by atoms with Gasteiger partial charge < -0.3 is 15.0 Å². The Balaban J connectivity index is 1.52. The lowest BCUT2D eigenvalue weighted by Gasteiger charge is -2.33. The molecule has 6 heteroatoms. The van der Waals surface area contributed by atoms with Crippen molar-refractivity contribution in [1.29, 1.82) is 0 Å². The first-order valence-corrected chi connectivity index (χ1v) is 9.82. The molecule has 1 heterocycles. The molecule has 3 rings (SSSR count). The normalized spacial score (nSPS) is 15.4. The van der Waals surface area contributed by atoms with Gasteiger partial charge in [0.2, 0.25) is 5.91 Å². The van der Waals surface area contributed by atoms with Crippen molar-refractivity contribution in [3.63, 3.8) is 0 Å². The first-order chi connectivity index (χ1) is 14.0. The van der Waals surface area contributed by atoms with E-state index < -0.39 is 6.04 Å². The van der Waals surface area contributed by atoms with Gasteiger partial charge in [-0.25, -0.2) is 0 Å². The Kier molecular flexibility index (Phi) is 6.65. The molecule has 152 valence electrons. The summed E-state index contributed by atoms with van der Waals surface area (Å²) >= 11 is 0. The van der Waals surface area contributed by atoms with E-state index in [4.69, 9.17) is 4.74 Å². The highest BCUT2D eigenvalue weighted by Crippen LogP contribution is 2.23. The molecule has 6 nitrogen and oxygen atoms in total. The van der Waals surface area contributed by atoms with Crippen LogP contribution >= 0.6 is 0 Å². The van der Waals surface area contributed by atoms with E-state index in [0.29, 0.717) is 42.8 Å². The zero-order chi connectivity index (χ0) is 20.8. The molecular weight excluding hydrogens is 368 g/mol. The summed E-state index contributed by atoms with van der Waals surface area (Å²) in [6.45, 7) is 2.71. The largest absolute Gasteiger partial charge is 0.497 e. The van der Waals surface area contributed by atoms with E-state index in [-0.39, 0.29) is 23.5 Å². The van der Waals surface area contributed by atoms with Crippen LogP contribution < -0.4 is 10.1 Å². The monoisotopic (exact) mass is 394 g/mol. The van der Waals surface area contributed by atoms with Gasteiger partial charge in [-0.15, -0.1) is 0 Å². The summed E-state index contributed by atoms with van der Waals surface area (Å²) in [4.78, 5) is 39.4. The van der Waals surface area contributed by atoms with Crippen molar-refractivity contribution >= 4 is 17.6 Å². The first kappa shape index (κ1) is 20.6. The first-order valence-electron chi connectivity index (χ1n) is 9.82. The minimum absolute atomic E-state index is 0.0957. The molecule has 0 saturated carbocycles. The van der Waals surface area contributed by atoms with Crippen molar-refractivity contribution in [2.75, 3.05) is 20.2 Å². The fourth-order valence-electron chi connectivity index (χ4n) is 3.56. The molecule has 0 bridgehead atoms. The van der Waals surface area contributed by atoms with Crippen molar-refractivity contribution in [3.05, 3.63) is 65.7 Å². The number of nitrogens with zero attached hydrogens (tertiary/aromatic N) is 1. The molecule has 0 spiro atoms. The van der Waals surface area contributed by atoms with Gasteiger partial charge in [-0.1, -0.05) is 18.2 Å². The number of rotatable bonds is 6. The predicted molar refractivity (Wildman–Crippen MR) is 110 cm³/mol. The second-order valence-corrected chi connectivity index (χ2v) is 7.25. The van der Waals surface area contributed by atoms with Gasteiger partial charge in [-0.05, 0) is 56.2 Å². The lowest BCUT2D eigenvalue weighted by Crippen LogP contribution is -2.49. The highest BCUT2D eigenvalue weighted by atomic mass is 16.5. The fraction of sp³-hybridized carbons (Fsp3) is 0.348. The topological polar surface area (TPSA) is 75.7 Å². The van der Waals surface area contributed by atoms with Crippen molar-refractivity contribution in [1.82, 2.24) is 10.2 Å². The second kappa shape index (κ2) is 9.37. The number of Topliss-reactive ketones (excluding diaryl/α,β-unsaturated/α-hetero) is 1. The maximum atomic E-state index is 12.7. The third-order valence-electron chi connectivity index (χ3n) is 5.31. The Morgan fingerprint density at radius 2 is 1.59 bits per heavy atom. The average molecular weight is 394 g/mol. The van der Waals surface area contributed by atoms with E-state index in [1.54, 1.807) is 67.5 Å². The number of hydrogen-bond acceptors (Lipinski definition) is 4. The molecule has 2 amide bonds. The molecule has 1 N–H and O–H groups in total. The molecule has 0 unspecified atom stereocenters. The van der Waals surface area contributed by atoms with Crippen LogP contribution in [0.25, 0.3) is 0 Å². The number of benzene rings is 2. The van der Waals surface area contributed by atoms with E-state index in [1.165, 1.54) is 0 Å². The van der Waals surface area contributed by atoms with E-state index in [1.807, 2.05) is 6.07 Å². The van der Waals surface area contributed by atoms with Crippen molar-refractivity contribution in [2.45, 2.75) is 25.8 Å². The lowest BCUT2D eigenvalue weighted by atomic mass is 9.88. The summed E-state index contributed by atoms with van der Waals surface area (Å²) < 4.78 is 5.13. The number of carbonyl (C=O) groups is 3. The van der Waals surface area contributed by atoms with Gasteiger partial charge in [0, 0.05) is 30.1 Å². The quantitative estimate of drug-likeness (QED) is 0.765. The summed E-state index contributed by atoms with van der Waals surface area (Å²) in [6.07, 6.45) is 1.24. The van der Waals surface area contributed by atoms with Crippen LogP contribution in [0.15, 0.2) is 54.6 Å². The summed E-state index contributed by atoms with van der Waals surface area (Å²) in [5.74, 6) is 0.334. The Bertz CT molecular complexity index is 856. The van der Waals surface area contributed by atoms with Gasteiger partial charge in [0.05, 0.1) is 7.11 Å².